The van der Waals surface area contributed by atoms with Crippen LogP contribution in [-0.4, -0.2) is 64.1 Å². The third-order valence-electron chi connectivity index (χ3n) is 10.9. The lowest BCUT2D eigenvalue weighted by molar-refractivity contribution is -0.870. The molecule has 0 aliphatic carbocycles. The van der Waals surface area contributed by atoms with Gasteiger partial charge in [-0.05, 0) is 25.3 Å². The molecule has 2 unspecified atom stereocenters. The number of phosphoric acid groups is 1. The number of rotatable bonds is 46. The topological polar surface area (TPSA) is 94.1 Å². The lowest BCUT2D eigenvalue weighted by atomic mass is 10.0. The van der Waals surface area contributed by atoms with E-state index in [1.165, 1.54) is 186 Å². The number of nitrogens with zero attached hydrogens (tertiary/aromatic N) is 1. The van der Waals surface area contributed by atoms with Crippen LogP contribution in [0.5, 0.6) is 0 Å². The summed E-state index contributed by atoms with van der Waals surface area (Å²) in [5.41, 5.74) is 0. The van der Waals surface area contributed by atoms with Crippen LogP contribution in [0.4, 0.5) is 0 Å². The van der Waals surface area contributed by atoms with Crippen LogP contribution in [0.3, 0.4) is 0 Å². The number of allylic oxidation sites excluding steroid dienone is 1. The number of quaternary nitrogens is 1. The standard InChI is InChI=1S/C48H96NO7P/c1-6-8-10-12-14-16-18-20-22-24-25-26-27-29-31-33-35-37-39-41-48(50)54-45-47(46-56-57(51,52)55-44-42-49(3,4)5)53-43-40-38-36-34-32-30-28-23-21-19-17-15-13-11-9-7-2/h40,43,47H,6-39,41-42,44-46H2,1-5H3/b43-40-. The summed E-state index contributed by atoms with van der Waals surface area (Å²) in [4.78, 5) is 24.9. The maximum Gasteiger partial charge on any atom is 0.305 e. The summed E-state index contributed by atoms with van der Waals surface area (Å²) < 4.78 is 34.5. The summed E-state index contributed by atoms with van der Waals surface area (Å²) in [6.07, 6.45) is 47.6. The Morgan fingerprint density at radius 3 is 1.30 bits per heavy atom. The summed E-state index contributed by atoms with van der Waals surface area (Å²) in [7, 11) is 1.38. The molecule has 8 nitrogen and oxygen atoms in total. The van der Waals surface area contributed by atoms with Crippen molar-refractivity contribution in [3.63, 3.8) is 0 Å². The minimum atomic E-state index is -4.51. The lowest BCUT2D eigenvalue weighted by Crippen LogP contribution is -2.37. The van der Waals surface area contributed by atoms with E-state index in [2.05, 4.69) is 13.8 Å². The van der Waals surface area contributed by atoms with Crippen LogP contribution < -0.4 is 4.89 Å². The van der Waals surface area contributed by atoms with Gasteiger partial charge in [-0.3, -0.25) is 9.36 Å². The molecule has 340 valence electrons. The first-order valence-corrected chi connectivity index (χ1v) is 25.9. The molecule has 57 heavy (non-hydrogen) atoms. The third kappa shape index (κ3) is 46.0. The number of ether oxygens (including phenoxy) is 2. The van der Waals surface area contributed by atoms with Gasteiger partial charge >= 0.3 is 5.97 Å². The van der Waals surface area contributed by atoms with Gasteiger partial charge in [-0.15, -0.1) is 0 Å². The van der Waals surface area contributed by atoms with Crippen molar-refractivity contribution in [2.45, 2.75) is 245 Å². The average molecular weight is 830 g/mol. The zero-order valence-corrected chi connectivity index (χ0v) is 39.5. The van der Waals surface area contributed by atoms with Gasteiger partial charge in [-0.2, -0.15) is 0 Å². The second-order valence-corrected chi connectivity index (χ2v) is 19.3. The van der Waals surface area contributed by atoms with E-state index in [0.29, 0.717) is 17.4 Å². The molecule has 0 amide bonds. The molecule has 0 fully saturated rings. The van der Waals surface area contributed by atoms with Gasteiger partial charge in [-0.1, -0.05) is 213 Å². The fourth-order valence-corrected chi connectivity index (χ4v) is 7.79. The Hall–Kier alpha value is -0.920. The number of hydrogen-bond acceptors (Lipinski definition) is 7. The first-order valence-electron chi connectivity index (χ1n) is 24.5. The number of hydrogen-bond donors (Lipinski definition) is 0. The van der Waals surface area contributed by atoms with Gasteiger partial charge < -0.3 is 27.9 Å². The van der Waals surface area contributed by atoms with Crippen LogP contribution in [0.15, 0.2) is 12.3 Å². The fraction of sp³-hybridized carbons (Fsp3) is 0.938. The van der Waals surface area contributed by atoms with Crippen LogP contribution in [0.2, 0.25) is 0 Å². The summed E-state index contributed by atoms with van der Waals surface area (Å²) in [5.74, 6) is -0.286. The van der Waals surface area contributed by atoms with Crippen molar-refractivity contribution in [1.29, 1.82) is 0 Å². The molecule has 0 aromatic heterocycles. The molecule has 0 aliphatic heterocycles. The van der Waals surface area contributed by atoms with Crippen LogP contribution in [0.25, 0.3) is 0 Å². The highest BCUT2D eigenvalue weighted by atomic mass is 31.2. The predicted molar refractivity (Wildman–Crippen MR) is 240 cm³/mol. The maximum atomic E-state index is 12.5. The van der Waals surface area contributed by atoms with E-state index >= 15 is 0 Å². The molecule has 0 aromatic rings. The average Bonchev–Trinajstić information content (AvgIpc) is 3.17. The van der Waals surface area contributed by atoms with Gasteiger partial charge in [0.25, 0.3) is 7.82 Å². The Morgan fingerprint density at radius 2 is 0.912 bits per heavy atom. The molecule has 0 N–H and O–H groups in total. The van der Waals surface area contributed by atoms with E-state index in [4.69, 9.17) is 18.5 Å². The molecule has 0 saturated carbocycles. The fourth-order valence-electron chi connectivity index (χ4n) is 7.06. The van der Waals surface area contributed by atoms with E-state index in [-0.39, 0.29) is 25.8 Å². The number of carbonyl (C=O) groups is 1. The molecule has 0 bridgehead atoms. The van der Waals surface area contributed by atoms with Crippen molar-refractivity contribution in [3.05, 3.63) is 12.3 Å². The van der Waals surface area contributed by atoms with E-state index in [1.54, 1.807) is 6.26 Å². The van der Waals surface area contributed by atoms with Crippen LogP contribution >= 0.6 is 7.82 Å². The highest BCUT2D eigenvalue weighted by Crippen LogP contribution is 2.38. The monoisotopic (exact) mass is 830 g/mol. The maximum absolute atomic E-state index is 12.5. The molecule has 0 aromatic carbocycles. The first-order chi connectivity index (χ1) is 27.6. The minimum absolute atomic E-state index is 0.0311. The Balaban J connectivity index is 4.16. The summed E-state index contributed by atoms with van der Waals surface area (Å²) in [6.45, 7) is 4.76. The van der Waals surface area contributed by atoms with Crippen LogP contribution in [0.1, 0.15) is 239 Å². The number of carbonyl (C=O) groups excluding carboxylic acids is 1. The Bertz CT molecular complexity index is 925. The van der Waals surface area contributed by atoms with Crippen molar-refractivity contribution >= 4 is 13.8 Å². The van der Waals surface area contributed by atoms with Gasteiger partial charge in [0.2, 0.25) is 0 Å². The zero-order chi connectivity index (χ0) is 42.0. The molecule has 0 spiro atoms. The van der Waals surface area contributed by atoms with E-state index in [1.807, 2.05) is 27.2 Å². The molecular weight excluding hydrogens is 734 g/mol. The van der Waals surface area contributed by atoms with E-state index in [0.717, 1.165) is 32.1 Å². The molecule has 0 heterocycles. The van der Waals surface area contributed by atoms with E-state index < -0.39 is 13.9 Å². The van der Waals surface area contributed by atoms with E-state index in [9.17, 15) is 14.3 Å². The van der Waals surface area contributed by atoms with Crippen molar-refractivity contribution < 1.29 is 37.3 Å². The highest BCUT2D eigenvalue weighted by Gasteiger charge is 2.19. The second-order valence-electron chi connectivity index (χ2n) is 17.9. The molecule has 0 radical (unpaired) electrons. The van der Waals surface area contributed by atoms with Crippen molar-refractivity contribution in [1.82, 2.24) is 0 Å². The Kier molecular flexibility index (Phi) is 41.1. The van der Waals surface area contributed by atoms with Crippen molar-refractivity contribution in [2.24, 2.45) is 0 Å². The molecular formula is C48H96NO7P. The summed E-state index contributed by atoms with van der Waals surface area (Å²) in [5, 5.41) is 0. The molecule has 0 aliphatic rings. The SMILES string of the molecule is CCCCCCCCCCCCCCCC/C=C\OC(COC(=O)CCCCCCCCCCCCCCCCCCCCC)COP(=O)([O-])OCC[N+](C)(C)C. The quantitative estimate of drug-likeness (QED) is 0.0198. The Morgan fingerprint density at radius 1 is 0.544 bits per heavy atom. The zero-order valence-electron chi connectivity index (χ0n) is 38.6. The second kappa shape index (κ2) is 41.8. The summed E-state index contributed by atoms with van der Waals surface area (Å²) in [6, 6.07) is 0. The minimum Gasteiger partial charge on any atom is -0.756 e. The largest absolute Gasteiger partial charge is 0.756 e. The predicted octanol–water partition coefficient (Wildman–Crippen LogP) is 14.3. The molecule has 2 atom stereocenters. The number of esters is 1. The van der Waals surface area contributed by atoms with Crippen molar-refractivity contribution in [2.75, 3.05) is 47.5 Å². The van der Waals surface area contributed by atoms with Gasteiger partial charge in [0.1, 0.15) is 19.8 Å². The normalized spacial score (nSPS) is 13.6. The number of likely N-dealkylation sites (N-methyl/N-ethyl adjacent to an activating group) is 1. The van der Waals surface area contributed by atoms with Gasteiger partial charge in [0.15, 0.2) is 6.10 Å². The molecule has 0 saturated heterocycles. The third-order valence-corrected chi connectivity index (χ3v) is 11.9. The Labute approximate surface area is 354 Å². The smallest absolute Gasteiger partial charge is 0.305 e. The number of phosphoric ester groups is 1. The van der Waals surface area contributed by atoms with Crippen molar-refractivity contribution in [3.8, 4) is 0 Å². The lowest BCUT2D eigenvalue weighted by Gasteiger charge is -2.28. The highest BCUT2D eigenvalue weighted by molar-refractivity contribution is 7.45. The van der Waals surface area contributed by atoms with Crippen LogP contribution in [0, 0.1) is 0 Å². The summed E-state index contributed by atoms with van der Waals surface area (Å²) >= 11 is 0. The van der Waals surface area contributed by atoms with Crippen LogP contribution in [-0.2, 0) is 27.9 Å². The molecule has 9 heteroatoms. The van der Waals surface area contributed by atoms with Gasteiger partial charge in [-0.25, -0.2) is 0 Å². The number of unbranched alkanes of at least 4 members (excludes halogenated alkanes) is 32. The van der Waals surface area contributed by atoms with Gasteiger partial charge in [0.05, 0.1) is 34.0 Å². The first kappa shape index (κ1) is 56.1. The van der Waals surface area contributed by atoms with Gasteiger partial charge in [0, 0.05) is 6.42 Å². The molecule has 0 rings (SSSR count).